The molecule has 114 valence electrons. The normalized spacial score (nSPS) is 24.0. The molecule has 2 atom stereocenters. The molecule has 0 amide bonds. The lowest BCUT2D eigenvalue weighted by atomic mass is 9.91. The summed E-state index contributed by atoms with van der Waals surface area (Å²) in [7, 11) is 0. The highest BCUT2D eigenvalue weighted by atomic mass is 19.4. The van der Waals surface area contributed by atoms with Crippen LogP contribution in [0.15, 0.2) is 0 Å². The standard InChI is InChI=1S/C14H26F3NO/c1-2-8-18-10-13-6-3-5-12(13)7-4-9-19-11-14(15,16)17/h12-13,18H,2-11H2,1H3. The molecule has 1 rings (SSSR count). The van der Waals surface area contributed by atoms with Crippen LogP contribution in [0.2, 0.25) is 0 Å². The molecule has 1 saturated carbocycles. The maximum Gasteiger partial charge on any atom is 0.411 e. The predicted octanol–water partition coefficient (Wildman–Crippen LogP) is 3.76. The highest BCUT2D eigenvalue weighted by Crippen LogP contribution is 2.34. The third-order valence-corrected chi connectivity index (χ3v) is 3.78. The second-order valence-corrected chi connectivity index (χ2v) is 5.47. The van der Waals surface area contributed by atoms with E-state index in [0.29, 0.717) is 11.8 Å². The average molecular weight is 281 g/mol. The van der Waals surface area contributed by atoms with Crippen molar-refractivity contribution in [2.45, 2.75) is 51.6 Å². The smallest absolute Gasteiger partial charge is 0.372 e. The van der Waals surface area contributed by atoms with Gasteiger partial charge in [0.05, 0.1) is 0 Å². The zero-order chi connectivity index (χ0) is 14.1. The molecule has 0 aromatic carbocycles. The maximum atomic E-state index is 11.9. The minimum Gasteiger partial charge on any atom is -0.372 e. The van der Waals surface area contributed by atoms with Crippen molar-refractivity contribution in [3.8, 4) is 0 Å². The molecule has 0 bridgehead atoms. The summed E-state index contributed by atoms with van der Waals surface area (Å²) in [5.74, 6) is 1.37. The van der Waals surface area contributed by atoms with Gasteiger partial charge in [-0.1, -0.05) is 19.8 Å². The Morgan fingerprint density at radius 3 is 2.63 bits per heavy atom. The van der Waals surface area contributed by atoms with Gasteiger partial charge in [-0.25, -0.2) is 0 Å². The molecule has 0 spiro atoms. The summed E-state index contributed by atoms with van der Waals surface area (Å²) in [4.78, 5) is 0. The van der Waals surface area contributed by atoms with Gasteiger partial charge >= 0.3 is 6.18 Å². The van der Waals surface area contributed by atoms with Gasteiger partial charge < -0.3 is 10.1 Å². The average Bonchev–Trinajstić information content (AvgIpc) is 2.75. The Labute approximate surface area is 114 Å². The lowest BCUT2D eigenvalue weighted by Crippen LogP contribution is -2.26. The van der Waals surface area contributed by atoms with Crippen molar-refractivity contribution in [3.63, 3.8) is 0 Å². The van der Waals surface area contributed by atoms with Crippen LogP contribution in [0.3, 0.4) is 0 Å². The van der Waals surface area contributed by atoms with Crippen molar-refractivity contribution in [2.24, 2.45) is 11.8 Å². The van der Waals surface area contributed by atoms with E-state index in [1.807, 2.05) is 0 Å². The first-order valence-corrected chi connectivity index (χ1v) is 7.38. The van der Waals surface area contributed by atoms with E-state index in [9.17, 15) is 13.2 Å². The molecule has 19 heavy (non-hydrogen) atoms. The van der Waals surface area contributed by atoms with Crippen LogP contribution >= 0.6 is 0 Å². The zero-order valence-corrected chi connectivity index (χ0v) is 11.8. The number of halogens is 3. The molecular weight excluding hydrogens is 255 g/mol. The molecule has 5 heteroatoms. The van der Waals surface area contributed by atoms with Gasteiger partial charge in [0.15, 0.2) is 0 Å². The molecule has 0 aromatic heterocycles. The Morgan fingerprint density at radius 2 is 1.95 bits per heavy atom. The Balaban J connectivity index is 2.07. The van der Waals surface area contributed by atoms with E-state index >= 15 is 0 Å². The van der Waals surface area contributed by atoms with Gasteiger partial charge in [0.2, 0.25) is 0 Å². The molecule has 0 aliphatic heterocycles. The van der Waals surface area contributed by atoms with Crippen molar-refractivity contribution in [3.05, 3.63) is 0 Å². The second-order valence-electron chi connectivity index (χ2n) is 5.47. The van der Waals surface area contributed by atoms with Gasteiger partial charge in [-0.3, -0.25) is 0 Å². The molecule has 1 fully saturated rings. The summed E-state index contributed by atoms with van der Waals surface area (Å²) >= 11 is 0. The van der Waals surface area contributed by atoms with Gasteiger partial charge in [-0.15, -0.1) is 0 Å². The molecular formula is C14H26F3NO. The van der Waals surface area contributed by atoms with Gasteiger partial charge in [0.25, 0.3) is 0 Å². The topological polar surface area (TPSA) is 21.3 Å². The third-order valence-electron chi connectivity index (χ3n) is 3.78. The fourth-order valence-corrected chi connectivity index (χ4v) is 2.86. The van der Waals surface area contributed by atoms with Crippen LogP contribution < -0.4 is 5.32 Å². The minimum absolute atomic E-state index is 0.227. The number of rotatable bonds is 9. The highest BCUT2D eigenvalue weighted by Gasteiger charge is 2.28. The molecule has 2 nitrogen and oxygen atoms in total. The van der Waals surface area contributed by atoms with E-state index in [4.69, 9.17) is 0 Å². The summed E-state index contributed by atoms with van der Waals surface area (Å²) in [6.45, 7) is 3.38. The molecule has 1 aliphatic carbocycles. The molecule has 1 aliphatic rings. The molecule has 2 unspecified atom stereocenters. The van der Waals surface area contributed by atoms with Crippen molar-refractivity contribution in [2.75, 3.05) is 26.3 Å². The summed E-state index contributed by atoms with van der Waals surface area (Å²) in [5.41, 5.74) is 0. The fraction of sp³-hybridized carbons (Fsp3) is 1.00. The maximum absolute atomic E-state index is 11.9. The van der Waals surface area contributed by atoms with Crippen molar-refractivity contribution in [1.29, 1.82) is 0 Å². The molecule has 0 saturated heterocycles. The van der Waals surface area contributed by atoms with Crippen molar-refractivity contribution in [1.82, 2.24) is 5.32 Å². The van der Waals surface area contributed by atoms with Gasteiger partial charge in [0, 0.05) is 6.61 Å². The first kappa shape index (κ1) is 16.8. The molecule has 0 radical (unpaired) electrons. The van der Waals surface area contributed by atoms with Gasteiger partial charge in [-0.05, 0) is 50.6 Å². The monoisotopic (exact) mass is 281 g/mol. The summed E-state index contributed by atoms with van der Waals surface area (Å²) in [6.07, 6.45) is 2.42. The minimum atomic E-state index is -4.19. The van der Waals surface area contributed by atoms with E-state index in [1.165, 1.54) is 19.3 Å². The number of alkyl halides is 3. The van der Waals surface area contributed by atoms with Crippen LogP contribution in [0.25, 0.3) is 0 Å². The number of ether oxygens (including phenoxy) is 1. The number of hydrogen-bond donors (Lipinski definition) is 1. The van der Waals surface area contributed by atoms with Crippen molar-refractivity contribution < 1.29 is 17.9 Å². The lowest BCUT2D eigenvalue weighted by Gasteiger charge is -2.20. The third kappa shape index (κ3) is 7.78. The Morgan fingerprint density at radius 1 is 1.21 bits per heavy atom. The Bertz CT molecular complexity index is 233. The zero-order valence-electron chi connectivity index (χ0n) is 11.8. The van der Waals surface area contributed by atoms with Crippen LogP contribution in [0, 0.1) is 11.8 Å². The fourth-order valence-electron chi connectivity index (χ4n) is 2.86. The number of nitrogens with one attached hydrogen (secondary N) is 1. The van der Waals surface area contributed by atoms with Crippen molar-refractivity contribution >= 4 is 0 Å². The van der Waals surface area contributed by atoms with Crippen LogP contribution in [0.4, 0.5) is 13.2 Å². The number of hydrogen-bond acceptors (Lipinski definition) is 2. The second kappa shape index (κ2) is 8.80. The summed E-state index contributed by atoms with van der Waals surface area (Å²) < 4.78 is 40.3. The Hall–Kier alpha value is -0.290. The Kier molecular flexibility index (Phi) is 7.76. The summed E-state index contributed by atoms with van der Waals surface area (Å²) in [6, 6.07) is 0. The molecule has 1 N–H and O–H groups in total. The largest absolute Gasteiger partial charge is 0.411 e. The van der Waals surface area contributed by atoms with Crippen LogP contribution in [0.1, 0.15) is 45.4 Å². The first-order chi connectivity index (χ1) is 9.03. The van der Waals surface area contributed by atoms with Crippen LogP contribution in [-0.4, -0.2) is 32.5 Å². The highest BCUT2D eigenvalue weighted by molar-refractivity contribution is 4.79. The summed E-state index contributed by atoms with van der Waals surface area (Å²) in [5, 5.41) is 3.45. The van der Waals surface area contributed by atoms with Crippen LogP contribution in [-0.2, 0) is 4.74 Å². The van der Waals surface area contributed by atoms with E-state index in [1.54, 1.807) is 0 Å². The van der Waals surface area contributed by atoms with E-state index in [-0.39, 0.29) is 6.61 Å². The first-order valence-electron chi connectivity index (χ1n) is 7.38. The van der Waals surface area contributed by atoms with Crippen LogP contribution in [0.5, 0.6) is 0 Å². The quantitative estimate of drug-likeness (QED) is 0.650. The van der Waals surface area contributed by atoms with E-state index in [0.717, 1.165) is 32.4 Å². The SMILES string of the molecule is CCCNCC1CCCC1CCCOCC(F)(F)F. The molecule has 0 aromatic rings. The lowest BCUT2D eigenvalue weighted by molar-refractivity contribution is -0.174. The van der Waals surface area contributed by atoms with Gasteiger partial charge in [0.1, 0.15) is 6.61 Å². The molecule has 0 heterocycles. The van der Waals surface area contributed by atoms with Gasteiger partial charge in [-0.2, -0.15) is 13.2 Å². The van der Waals surface area contributed by atoms with E-state index < -0.39 is 12.8 Å². The van der Waals surface area contributed by atoms with E-state index in [2.05, 4.69) is 17.0 Å². The predicted molar refractivity (Wildman–Crippen MR) is 70.1 cm³/mol.